The van der Waals surface area contributed by atoms with E-state index in [9.17, 15) is 10.0 Å². The summed E-state index contributed by atoms with van der Waals surface area (Å²) in [5, 5.41) is 16.5. The van der Waals surface area contributed by atoms with E-state index in [0.29, 0.717) is 29.1 Å². The molecule has 0 unspecified atom stereocenters. The summed E-state index contributed by atoms with van der Waals surface area (Å²) >= 11 is 5.98. The molecule has 0 fully saturated rings. The second-order valence-corrected chi connectivity index (χ2v) is 6.37. The van der Waals surface area contributed by atoms with E-state index in [-0.39, 0.29) is 11.6 Å². The first-order chi connectivity index (χ1) is 12.7. The van der Waals surface area contributed by atoms with Gasteiger partial charge in [-0.25, -0.2) is 0 Å². The average molecular weight is 367 g/mol. The first kappa shape index (κ1) is 16.4. The molecule has 0 amide bonds. The first-order valence-corrected chi connectivity index (χ1v) is 8.51. The van der Waals surface area contributed by atoms with E-state index >= 15 is 0 Å². The lowest BCUT2D eigenvalue weighted by Gasteiger charge is -2.10. The number of fused-ring (bicyclic) bond motifs is 2. The molecule has 1 N–H and O–H groups in total. The quantitative estimate of drug-likeness (QED) is 0.465. The van der Waals surface area contributed by atoms with Crippen LogP contribution in [-0.2, 0) is 6.54 Å². The Morgan fingerprint density at radius 3 is 2.65 bits per heavy atom. The Hall–Kier alpha value is -3.05. The molecule has 0 aliphatic heterocycles. The molecule has 1 heterocycles. The Bertz CT molecular complexity index is 1120. The van der Waals surface area contributed by atoms with Gasteiger partial charge in [-0.2, -0.15) is 0 Å². The number of hydrogen-bond acceptors (Lipinski definition) is 4. The van der Waals surface area contributed by atoms with Gasteiger partial charge in [-0.15, -0.1) is 4.91 Å². The number of aromatic nitrogens is 1. The maximum absolute atomic E-state index is 11.1. The van der Waals surface area contributed by atoms with Gasteiger partial charge in [0.25, 0.3) is 0 Å². The van der Waals surface area contributed by atoms with Crippen LogP contribution in [0.1, 0.15) is 0 Å². The second kappa shape index (κ2) is 6.69. The number of nitroso groups, excluding NO2 is 1. The number of benzene rings is 3. The summed E-state index contributed by atoms with van der Waals surface area (Å²) in [5.74, 6) is 0.566. The Labute approximate surface area is 154 Å². The molecular formula is C20H15ClN2O3. The summed E-state index contributed by atoms with van der Waals surface area (Å²) in [4.78, 5) is 11.1. The van der Waals surface area contributed by atoms with Gasteiger partial charge in [-0.3, -0.25) is 0 Å². The summed E-state index contributed by atoms with van der Waals surface area (Å²) in [6.45, 7) is 0.697. The van der Waals surface area contributed by atoms with Crippen molar-refractivity contribution in [2.75, 3.05) is 6.61 Å². The monoisotopic (exact) mass is 366 g/mol. The zero-order chi connectivity index (χ0) is 18.1. The zero-order valence-corrected chi connectivity index (χ0v) is 14.5. The number of nitrogens with zero attached hydrogens (tertiary/aromatic N) is 2. The van der Waals surface area contributed by atoms with Crippen molar-refractivity contribution in [3.63, 3.8) is 0 Å². The molecule has 0 bridgehead atoms. The predicted molar refractivity (Wildman–Crippen MR) is 104 cm³/mol. The lowest BCUT2D eigenvalue weighted by molar-refractivity contribution is 0.291. The van der Waals surface area contributed by atoms with E-state index in [1.54, 1.807) is 22.8 Å². The third-order valence-corrected chi connectivity index (χ3v) is 4.60. The SMILES string of the molecule is O=Nc1c(O)n(CCOc2ccc3ccccc3c2)c2ccc(Cl)cc12. The summed E-state index contributed by atoms with van der Waals surface area (Å²) in [7, 11) is 0. The fraction of sp³-hybridized carbons (Fsp3) is 0.100. The van der Waals surface area contributed by atoms with E-state index in [2.05, 4.69) is 5.18 Å². The molecule has 0 saturated carbocycles. The molecule has 4 rings (SSSR count). The molecule has 0 aliphatic carbocycles. The lowest BCUT2D eigenvalue weighted by atomic mass is 10.1. The van der Waals surface area contributed by atoms with Gasteiger partial charge in [0, 0.05) is 10.4 Å². The van der Waals surface area contributed by atoms with Crippen molar-refractivity contribution in [3.05, 3.63) is 70.6 Å². The van der Waals surface area contributed by atoms with Gasteiger partial charge in [0.1, 0.15) is 12.4 Å². The van der Waals surface area contributed by atoms with Gasteiger partial charge in [-0.05, 0) is 46.3 Å². The molecule has 3 aromatic carbocycles. The number of halogens is 1. The van der Waals surface area contributed by atoms with Crippen LogP contribution in [-0.4, -0.2) is 16.3 Å². The van der Waals surface area contributed by atoms with Crippen LogP contribution in [0.4, 0.5) is 5.69 Å². The third-order valence-electron chi connectivity index (χ3n) is 4.37. The van der Waals surface area contributed by atoms with Crippen LogP contribution < -0.4 is 4.74 Å². The van der Waals surface area contributed by atoms with Gasteiger partial charge in [-0.1, -0.05) is 41.9 Å². The van der Waals surface area contributed by atoms with Crippen LogP contribution in [0.2, 0.25) is 5.02 Å². The maximum Gasteiger partial charge on any atom is 0.222 e. The topological polar surface area (TPSA) is 63.8 Å². The molecule has 0 atom stereocenters. The largest absolute Gasteiger partial charge is 0.493 e. The number of rotatable bonds is 5. The Morgan fingerprint density at radius 1 is 1.04 bits per heavy atom. The van der Waals surface area contributed by atoms with Crippen molar-refractivity contribution in [1.29, 1.82) is 0 Å². The number of hydrogen-bond donors (Lipinski definition) is 1. The van der Waals surface area contributed by atoms with Gasteiger partial charge < -0.3 is 14.4 Å². The van der Waals surface area contributed by atoms with Gasteiger partial charge >= 0.3 is 0 Å². The van der Waals surface area contributed by atoms with E-state index in [4.69, 9.17) is 16.3 Å². The van der Waals surface area contributed by atoms with Crippen LogP contribution in [0.15, 0.2) is 65.8 Å². The minimum Gasteiger partial charge on any atom is -0.493 e. The van der Waals surface area contributed by atoms with Crippen LogP contribution in [0.25, 0.3) is 21.7 Å². The van der Waals surface area contributed by atoms with Crippen LogP contribution in [0.3, 0.4) is 0 Å². The van der Waals surface area contributed by atoms with Crippen LogP contribution >= 0.6 is 11.6 Å². The highest BCUT2D eigenvalue weighted by Crippen LogP contribution is 2.39. The fourth-order valence-corrected chi connectivity index (χ4v) is 3.30. The van der Waals surface area contributed by atoms with E-state index < -0.39 is 0 Å². The summed E-state index contributed by atoms with van der Waals surface area (Å²) in [6, 6.07) is 19.0. The second-order valence-electron chi connectivity index (χ2n) is 5.93. The highest BCUT2D eigenvalue weighted by molar-refractivity contribution is 6.31. The normalized spacial score (nSPS) is 11.1. The molecule has 6 heteroatoms. The molecule has 130 valence electrons. The molecule has 4 aromatic rings. The molecule has 0 radical (unpaired) electrons. The van der Waals surface area contributed by atoms with Crippen molar-refractivity contribution in [3.8, 4) is 11.6 Å². The van der Waals surface area contributed by atoms with E-state index in [0.717, 1.165) is 16.5 Å². The van der Waals surface area contributed by atoms with Crippen molar-refractivity contribution in [1.82, 2.24) is 4.57 Å². The summed E-state index contributed by atoms with van der Waals surface area (Å²) < 4.78 is 7.42. The highest BCUT2D eigenvalue weighted by atomic mass is 35.5. The molecule has 0 saturated heterocycles. The Kier molecular flexibility index (Phi) is 4.22. The van der Waals surface area contributed by atoms with E-state index in [1.807, 2.05) is 42.5 Å². The molecule has 0 aliphatic rings. The molecule has 1 aromatic heterocycles. The van der Waals surface area contributed by atoms with E-state index in [1.165, 1.54) is 0 Å². The van der Waals surface area contributed by atoms with Crippen LogP contribution in [0.5, 0.6) is 11.6 Å². The van der Waals surface area contributed by atoms with Crippen LogP contribution in [0, 0.1) is 4.91 Å². The van der Waals surface area contributed by atoms with Crippen molar-refractivity contribution in [2.45, 2.75) is 6.54 Å². The Balaban J connectivity index is 1.57. The molecule has 5 nitrogen and oxygen atoms in total. The highest BCUT2D eigenvalue weighted by Gasteiger charge is 2.17. The van der Waals surface area contributed by atoms with Gasteiger partial charge in [0.15, 0.2) is 5.69 Å². The number of ether oxygens (including phenoxy) is 1. The lowest BCUT2D eigenvalue weighted by Crippen LogP contribution is -2.07. The average Bonchev–Trinajstić information content (AvgIpc) is 2.92. The van der Waals surface area contributed by atoms with Gasteiger partial charge in [0.2, 0.25) is 5.88 Å². The molecular weight excluding hydrogens is 352 g/mol. The standard InChI is InChI=1S/C20H15ClN2O3/c21-15-6-8-18-17(12-15)19(22-25)20(24)23(18)9-10-26-16-7-5-13-3-1-2-4-14(13)11-16/h1-8,11-12,24H,9-10H2. The zero-order valence-electron chi connectivity index (χ0n) is 13.7. The first-order valence-electron chi connectivity index (χ1n) is 8.13. The minimum absolute atomic E-state index is 0.00629. The summed E-state index contributed by atoms with van der Waals surface area (Å²) in [6.07, 6.45) is 0. The maximum atomic E-state index is 11.1. The van der Waals surface area contributed by atoms with Crippen molar-refractivity contribution < 1.29 is 9.84 Å². The van der Waals surface area contributed by atoms with Gasteiger partial charge in [0.05, 0.1) is 12.1 Å². The fourth-order valence-electron chi connectivity index (χ4n) is 3.12. The number of aromatic hydroxyl groups is 1. The molecule has 0 spiro atoms. The smallest absolute Gasteiger partial charge is 0.222 e. The summed E-state index contributed by atoms with van der Waals surface area (Å²) in [5.41, 5.74) is 0.678. The van der Waals surface area contributed by atoms with Crippen molar-refractivity contribution >= 4 is 39.0 Å². The predicted octanol–water partition coefficient (Wildman–Crippen LogP) is 5.63. The third kappa shape index (κ3) is 2.86. The van der Waals surface area contributed by atoms with Crippen molar-refractivity contribution in [2.24, 2.45) is 5.18 Å². The minimum atomic E-state index is -0.181. The Morgan fingerprint density at radius 2 is 1.85 bits per heavy atom. The molecule has 26 heavy (non-hydrogen) atoms.